The first-order valence-electron chi connectivity index (χ1n) is 4.55. The molecule has 1 heterocycles. The molecule has 0 aliphatic heterocycles. The van der Waals surface area contributed by atoms with Gasteiger partial charge in [-0.3, -0.25) is 0 Å². The third-order valence-electron chi connectivity index (χ3n) is 1.98. The van der Waals surface area contributed by atoms with E-state index < -0.39 is 0 Å². The first-order chi connectivity index (χ1) is 7.72. The van der Waals surface area contributed by atoms with Crippen LogP contribution in [0.25, 0.3) is 11.5 Å². The molecule has 0 aliphatic rings. The van der Waals surface area contributed by atoms with Crippen molar-refractivity contribution in [2.75, 3.05) is 6.26 Å². The summed E-state index contributed by atoms with van der Waals surface area (Å²) >= 11 is 1.56. The predicted molar refractivity (Wildman–Crippen MR) is 60.3 cm³/mol. The summed E-state index contributed by atoms with van der Waals surface area (Å²) in [6.45, 7) is 0. The largest absolute Gasteiger partial charge is 0.507 e. The third-order valence-corrected chi connectivity index (χ3v) is 2.52. The van der Waals surface area contributed by atoms with Gasteiger partial charge in [-0.2, -0.15) is 16.7 Å². The Labute approximate surface area is 96.1 Å². The summed E-state index contributed by atoms with van der Waals surface area (Å²) < 4.78 is 4.97. The Hall–Kier alpha value is -1.69. The van der Waals surface area contributed by atoms with E-state index in [0.29, 0.717) is 11.6 Å². The molecule has 0 saturated carbocycles. The van der Waals surface area contributed by atoms with Crippen molar-refractivity contribution in [3.8, 4) is 23.0 Å². The van der Waals surface area contributed by atoms with E-state index in [4.69, 9.17) is 4.52 Å². The molecule has 0 fully saturated rings. The highest BCUT2D eigenvalue weighted by atomic mass is 32.2. The van der Waals surface area contributed by atoms with E-state index in [9.17, 15) is 10.2 Å². The summed E-state index contributed by atoms with van der Waals surface area (Å²) in [6.07, 6.45) is 1.92. The van der Waals surface area contributed by atoms with Crippen LogP contribution in [0.15, 0.2) is 22.7 Å². The number of rotatable bonds is 3. The Morgan fingerprint density at radius 3 is 2.62 bits per heavy atom. The predicted octanol–water partition coefficient (Wildman–Crippen LogP) is 2.01. The lowest BCUT2D eigenvalue weighted by Crippen LogP contribution is -1.84. The minimum Gasteiger partial charge on any atom is -0.507 e. The number of phenolic OH excluding ortho intramolecular Hbond substituents is 2. The smallest absolute Gasteiger partial charge is 0.265 e. The molecule has 2 rings (SSSR count). The highest BCUT2D eigenvalue weighted by molar-refractivity contribution is 7.97. The van der Waals surface area contributed by atoms with Crippen molar-refractivity contribution in [1.82, 2.24) is 10.1 Å². The normalized spacial score (nSPS) is 10.6. The van der Waals surface area contributed by atoms with Crippen molar-refractivity contribution in [1.29, 1.82) is 0 Å². The fourth-order valence-corrected chi connectivity index (χ4v) is 1.67. The molecule has 0 atom stereocenters. The van der Waals surface area contributed by atoms with Crippen LogP contribution in [0.1, 0.15) is 5.82 Å². The molecule has 1 aromatic heterocycles. The van der Waals surface area contributed by atoms with Crippen LogP contribution in [0.4, 0.5) is 0 Å². The Balaban J connectivity index is 2.42. The van der Waals surface area contributed by atoms with E-state index in [1.807, 2.05) is 6.26 Å². The molecular weight excluding hydrogens is 228 g/mol. The Morgan fingerprint density at radius 2 is 2.00 bits per heavy atom. The van der Waals surface area contributed by atoms with Gasteiger partial charge in [-0.15, -0.1) is 0 Å². The van der Waals surface area contributed by atoms with E-state index in [0.717, 1.165) is 0 Å². The highest BCUT2D eigenvalue weighted by Crippen LogP contribution is 2.35. The second kappa shape index (κ2) is 4.44. The van der Waals surface area contributed by atoms with Gasteiger partial charge in [0, 0.05) is 0 Å². The maximum atomic E-state index is 9.59. The minimum atomic E-state index is -0.0839. The van der Waals surface area contributed by atoms with Gasteiger partial charge in [0.15, 0.2) is 5.82 Å². The zero-order valence-electron chi connectivity index (χ0n) is 8.54. The van der Waals surface area contributed by atoms with Crippen LogP contribution < -0.4 is 0 Å². The van der Waals surface area contributed by atoms with Crippen LogP contribution in [-0.4, -0.2) is 26.6 Å². The molecule has 0 radical (unpaired) electrons. The lowest BCUT2D eigenvalue weighted by Gasteiger charge is -2.00. The van der Waals surface area contributed by atoms with Crippen molar-refractivity contribution >= 4 is 11.8 Å². The number of aromatic nitrogens is 2. The van der Waals surface area contributed by atoms with E-state index in [1.165, 1.54) is 18.2 Å². The van der Waals surface area contributed by atoms with Crippen LogP contribution in [0.5, 0.6) is 11.5 Å². The summed E-state index contributed by atoms with van der Waals surface area (Å²) in [7, 11) is 0. The maximum Gasteiger partial charge on any atom is 0.265 e. The maximum absolute atomic E-state index is 9.59. The second-order valence-corrected chi connectivity index (χ2v) is 3.99. The number of hydrogen-bond acceptors (Lipinski definition) is 6. The molecular formula is C10H10N2O3S. The van der Waals surface area contributed by atoms with E-state index >= 15 is 0 Å². The van der Waals surface area contributed by atoms with Crippen molar-refractivity contribution in [2.45, 2.75) is 5.75 Å². The lowest BCUT2D eigenvalue weighted by atomic mass is 10.2. The first kappa shape index (κ1) is 10.8. The molecule has 2 N–H and O–H groups in total. The summed E-state index contributed by atoms with van der Waals surface area (Å²) in [6, 6.07) is 4.44. The Bertz CT molecular complexity index is 478. The van der Waals surface area contributed by atoms with Gasteiger partial charge >= 0.3 is 0 Å². The van der Waals surface area contributed by atoms with E-state index in [1.54, 1.807) is 11.8 Å². The van der Waals surface area contributed by atoms with Gasteiger partial charge in [0.2, 0.25) is 0 Å². The van der Waals surface area contributed by atoms with Crippen molar-refractivity contribution in [3.63, 3.8) is 0 Å². The Kier molecular flexibility index (Phi) is 3.00. The first-order valence-corrected chi connectivity index (χ1v) is 5.94. The molecule has 84 valence electrons. The molecule has 5 nitrogen and oxygen atoms in total. The molecule has 2 aromatic rings. The van der Waals surface area contributed by atoms with Crippen LogP contribution in [0.3, 0.4) is 0 Å². The SMILES string of the molecule is CSCc1noc(-c2c(O)cccc2O)n1. The molecule has 0 spiro atoms. The van der Waals surface area contributed by atoms with Gasteiger partial charge in [-0.25, -0.2) is 0 Å². The quantitative estimate of drug-likeness (QED) is 0.851. The van der Waals surface area contributed by atoms with Crippen molar-refractivity contribution < 1.29 is 14.7 Å². The zero-order valence-corrected chi connectivity index (χ0v) is 9.36. The van der Waals surface area contributed by atoms with E-state index in [-0.39, 0.29) is 23.0 Å². The number of phenols is 2. The van der Waals surface area contributed by atoms with Crippen LogP contribution in [0.2, 0.25) is 0 Å². The fourth-order valence-electron chi connectivity index (χ4n) is 1.29. The molecule has 0 bridgehead atoms. The molecule has 16 heavy (non-hydrogen) atoms. The second-order valence-electron chi connectivity index (χ2n) is 3.12. The van der Waals surface area contributed by atoms with Gasteiger partial charge in [0.1, 0.15) is 17.1 Å². The molecule has 1 aromatic carbocycles. The van der Waals surface area contributed by atoms with Gasteiger partial charge in [-0.05, 0) is 18.4 Å². The number of benzene rings is 1. The topological polar surface area (TPSA) is 79.4 Å². The molecule has 0 aliphatic carbocycles. The number of aromatic hydroxyl groups is 2. The molecule has 0 saturated heterocycles. The lowest BCUT2D eigenvalue weighted by molar-refractivity contribution is 0.411. The summed E-state index contributed by atoms with van der Waals surface area (Å²) in [5.74, 6) is 1.11. The molecule has 0 amide bonds. The van der Waals surface area contributed by atoms with Gasteiger partial charge in [-0.1, -0.05) is 11.2 Å². The number of hydrogen-bond donors (Lipinski definition) is 2. The minimum absolute atomic E-state index is 0.0839. The summed E-state index contributed by atoms with van der Waals surface area (Å²) in [4.78, 5) is 4.07. The van der Waals surface area contributed by atoms with Crippen LogP contribution in [0, 0.1) is 0 Å². The fraction of sp³-hybridized carbons (Fsp3) is 0.200. The van der Waals surface area contributed by atoms with Gasteiger partial charge < -0.3 is 14.7 Å². The van der Waals surface area contributed by atoms with Crippen molar-refractivity contribution in [2.24, 2.45) is 0 Å². The Morgan fingerprint density at radius 1 is 1.31 bits per heavy atom. The number of thioether (sulfide) groups is 1. The third kappa shape index (κ3) is 1.96. The number of nitrogens with zero attached hydrogens (tertiary/aromatic N) is 2. The average Bonchev–Trinajstić information content (AvgIpc) is 2.67. The van der Waals surface area contributed by atoms with Gasteiger partial charge in [0.25, 0.3) is 5.89 Å². The van der Waals surface area contributed by atoms with Crippen LogP contribution in [-0.2, 0) is 5.75 Å². The van der Waals surface area contributed by atoms with Crippen molar-refractivity contribution in [3.05, 3.63) is 24.0 Å². The summed E-state index contributed by atoms with van der Waals surface area (Å²) in [5.41, 5.74) is 0.169. The molecule has 0 unspecified atom stereocenters. The van der Waals surface area contributed by atoms with Crippen LogP contribution >= 0.6 is 11.8 Å². The summed E-state index contributed by atoms with van der Waals surface area (Å²) in [5, 5.41) is 22.9. The average molecular weight is 238 g/mol. The zero-order chi connectivity index (χ0) is 11.5. The standard InChI is InChI=1S/C10H10N2O3S/c1-16-5-8-11-10(15-12-8)9-6(13)3-2-4-7(9)14/h2-4,13-14H,5H2,1H3. The van der Waals surface area contributed by atoms with Gasteiger partial charge in [0.05, 0.1) is 5.75 Å². The molecule has 6 heteroatoms. The monoisotopic (exact) mass is 238 g/mol. The highest BCUT2D eigenvalue weighted by Gasteiger charge is 2.16. The van der Waals surface area contributed by atoms with E-state index in [2.05, 4.69) is 10.1 Å².